The number of anilines is 1. The monoisotopic (exact) mass is 283 g/mol. The summed E-state index contributed by atoms with van der Waals surface area (Å²) in [6.07, 6.45) is 0.921. The molecule has 4 nitrogen and oxygen atoms in total. The smallest absolute Gasteiger partial charge is 0.265 e. The number of phenolic OH excluding ortho intramolecular Hbond substituents is 1. The lowest BCUT2D eigenvalue weighted by Gasteiger charge is -2.26. The lowest BCUT2D eigenvalue weighted by atomic mass is 10.0. The van der Waals surface area contributed by atoms with Gasteiger partial charge in [-0.25, -0.2) is 0 Å². The maximum atomic E-state index is 12.1. The van der Waals surface area contributed by atoms with Gasteiger partial charge >= 0.3 is 0 Å². The largest absolute Gasteiger partial charge is 0.508 e. The number of ether oxygens (including phenoxy) is 1. The van der Waals surface area contributed by atoms with Crippen molar-refractivity contribution in [3.05, 3.63) is 53.6 Å². The zero-order chi connectivity index (χ0) is 14.8. The molecule has 3 rings (SSSR count). The van der Waals surface area contributed by atoms with Crippen LogP contribution in [-0.2, 0) is 17.6 Å². The van der Waals surface area contributed by atoms with Gasteiger partial charge in [-0.2, -0.15) is 0 Å². The Hall–Kier alpha value is -2.49. The van der Waals surface area contributed by atoms with E-state index < -0.39 is 6.10 Å². The van der Waals surface area contributed by atoms with E-state index in [0.717, 1.165) is 12.0 Å². The van der Waals surface area contributed by atoms with Crippen LogP contribution in [0.2, 0.25) is 0 Å². The Kier molecular flexibility index (Phi) is 3.52. The van der Waals surface area contributed by atoms with Gasteiger partial charge in [0.15, 0.2) is 6.10 Å². The Morgan fingerprint density at radius 3 is 2.57 bits per heavy atom. The number of fused-ring (bicyclic) bond motifs is 1. The van der Waals surface area contributed by atoms with Crippen LogP contribution in [0, 0.1) is 0 Å². The zero-order valence-electron chi connectivity index (χ0n) is 11.8. The minimum atomic E-state index is -0.577. The first-order chi connectivity index (χ1) is 10.2. The highest BCUT2D eigenvalue weighted by Crippen LogP contribution is 2.33. The summed E-state index contributed by atoms with van der Waals surface area (Å²) in [7, 11) is 0. The molecule has 1 aliphatic heterocycles. The molecule has 4 heteroatoms. The lowest BCUT2D eigenvalue weighted by Crippen LogP contribution is -2.38. The van der Waals surface area contributed by atoms with Gasteiger partial charge in [0, 0.05) is 12.5 Å². The molecule has 1 heterocycles. The number of phenols is 1. The highest BCUT2D eigenvalue weighted by Gasteiger charge is 2.27. The summed E-state index contributed by atoms with van der Waals surface area (Å²) >= 11 is 0. The number of hydrogen-bond acceptors (Lipinski definition) is 3. The molecule has 0 radical (unpaired) electrons. The average Bonchev–Trinajstić information content (AvgIpc) is 2.49. The van der Waals surface area contributed by atoms with E-state index in [1.54, 1.807) is 6.07 Å². The normalized spacial score (nSPS) is 16.8. The highest BCUT2D eigenvalue weighted by molar-refractivity contribution is 5.98. The molecule has 0 saturated carbocycles. The Labute approximate surface area is 123 Å². The Morgan fingerprint density at radius 2 is 1.86 bits per heavy atom. The van der Waals surface area contributed by atoms with Crippen LogP contribution in [-0.4, -0.2) is 17.1 Å². The third-order valence-electron chi connectivity index (χ3n) is 3.64. The van der Waals surface area contributed by atoms with Gasteiger partial charge in [-0.15, -0.1) is 0 Å². The molecular weight excluding hydrogens is 266 g/mol. The molecule has 0 fully saturated rings. The van der Waals surface area contributed by atoms with Crippen molar-refractivity contribution in [3.63, 3.8) is 0 Å². The number of aryl methyl sites for hydroxylation is 1. The fraction of sp³-hybridized carbons (Fsp3) is 0.235. The van der Waals surface area contributed by atoms with Crippen LogP contribution in [0.15, 0.2) is 42.5 Å². The maximum absolute atomic E-state index is 12.1. The molecule has 0 saturated heterocycles. The first kappa shape index (κ1) is 13.5. The van der Waals surface area contributed by atoms with Gasteiger partial charge < -0.3 is 15.2 Å². The number of amides is 1. The molecule has 1 atom stereocenters. The molecule has 21 heavy (non-hydrogen) atoms. The Bertz CT molecular complexity index is 664. The van der Waals surface area contributed by atoms with Gasteiger partial charge in [-0.3, -0.25) is 4.79 Å². The Morgan fingerprint density at radius 1 is 1.14 bits per heavy atom. The van der Waals surface area contributed by atoms with Crippen LogP contribution in [0.5, 0.6) is 11.5 Å². The molecule has 0 aromatic heterocycles. The molecule has 2 N–H and O–H groups in total. The zero-order valence-corrected chi connectivity index (χ0v) is 11.8. The molecule has 2 aromatic carbocycles. The maximum Gasteiger partial charge on any atom is 0.265 e. The van der Waals surface area contributed by atoms with Crippen LogP contribution in [0.1, 0.15) is 18.1 Å². The number of carbonyl (C=O) groups excluding carboxylic acids is 1. The van der Waals surface area contributed by atoms with E-state index in [9.17, 15) is 9.90 Å². The molecule has 1 amide bonds. The number of aromatic hydroxyl groups is 1. The Balaban J connectivity index is 1.78. The molecule has 2 aromatic rings. The van der Waals surface area contributed by atoms with Gasteiger partial charge in [0.25, 0.3) is 5.91 Å². The molecule has 108 valence electrons. The van der Waals surface area contributed by atoms with Crippen LogP contribution in [0.4, 0.5) is 5.69 Å². The summed E-state index contributed by atoms with van der Waals surface area (Å²) in [5.74, 6) is 0.466. The topological polar surface area (TPSA) is 58.6 Å². The highest BCUT2D eigenvalue weighted by atomic mass is 16.5. The van der Waals surface area contributed by atoms with Gasteiger partial charge in [0.1, 0.15) is 11.5 Å². The first-order valence-corrected chi connectivity index (χ1v) is 7.04. The number of hydrogen-bond donors (Lipinski definition) is 2. The van der Waals surface area contributed by atoms with E-state index in [1.807, 2.05) is 12.1 Å². The summed E-state index contributed by atoms with van der Waals surface area (Å²) < 4.78 is 5.71. The van der Waals surface area contributed by atoms with Crippen LogP contribution >= 0.6 is 0 Å². The van der Waals surface area contributed by atoms with E-state index in [4.69, 9.17) is 4.74 Å². The number of benzene rings is 2. The average molecular weight is 283 g/mol. The molecule has 0 bridgehead atoms. The van der Waals surface area contributed by atoms with Gasteiger partial charge in [-0.1, -0.05) is 31.2 Å². The quantitative estimate of drug-likeness (QED) is 0.852. The summed E-state index contributed by atoms with van der Waals surface area (Å²) in [6.45, 7) is 2.11. The standard InChI is InChI=1S/C17H17NO3/c1-2-11-3-5-12(6-4-11)9-16-17(20)18-14-8-7-13(19)10-15(14)21-16/h3-8,10,16,19H,2,9H2,1H3,(H,18,20). The second-order valence-electron chi connectivity index (χ2n) is 5.15. The molecule has 1 aliphatic rings. The summed E-state index contributed by atoms with van der Waals surface area (Å²) in [6, 6.07) is 12.8. The predicted octanol–water partition coefficient (Wildman–Crippen LogP) is 2.90. The van der Waals surface area contributed by atoms with Crippen LogP contribution in [0.3, 0.4) is 0 Å². The van der Waals surface area contributed by atoms with Gasteiger partial charge in [-0.05, 0) is 29.7 Å². The number of carbonyl (C=O) groups is 1. The van der Waals surface area contributed by atoms with E-state index in [-0.39, 0.29) is 11.7 Å². The minimum Gasteiger partial charge on any atom is -0.508 e. The van der Waals surface area contributed by atoms with Gasteiger partial charge in [0.05, 0.1) is 5.69 Å². The van der Waals surface area contributed by atoms with Crippen molar-refractivity contribution in [3.8, 4) is 11.5 Å². The third-order valence-corrected chi connectivity index (χ3v) is 3.64. The summed E-state index contributed by atoms with van der Waals surface area (Å²) in [5.41, 5.74) is 2.91. The van der Waals surface area contributed by atoms with Crippen molar-refractivity contribution in [2.24, 2.45) is 0 Å². The van der Waals surface area contributed by atoms with E-state index in [0.29, 0.717) is 17.9 Å². The van der Waals surface area contributed by atoms with Crippen LogP contribution in [0.25, 0.3) is 0 Å². The molecule has 1 unspecified atom stereocenters. The second-order valence-corrected chi connectivity index (χ2v) is 5.15. The molecular formula is C17H17NO3. The second kappa shape index (κ2) is 5.48. The van der Waals surface area contributed by atoms with Crippen molar-refractivity contribution < 1.29 is 14.6 Å². The molecule has 0 aliphatic carbocycles. The van der Waals surface area contributed by atoms with Crippen molar-refractivity contribution in [1.82, 2.24) is 0 Å². The first-order valence-electron chi connectivity index (χ1n) is 7.04. The van der Waals surface area contributed by atoms with E-state index in [2.05, 4.69) is 24.4 Å². The summed E-state index contributed by atoms with van der Waals surface area (Å²) in [4.78, 5) is 12.1. The van der Waals surface area contributed by atoms with Gasteiger partial charge in [0.2, 0.25) is 0 Å². The van der Waals surface area contributed by atoms with Crippen molar-refractivity contribution >= 4 is 11.6 Å². The fourth-order valence-electron chi connectivity index (χ4n) is 2.39. The van der Waals surface area contributed by atoms with Crippen molar-refractivity contribution in [1.29, 1.82) is 0 Å². The van der Waals surface area contributed by atoms with E-state index in [1.165, 1.54) is 17.7 Å². The fourth-order valence-corrected chi connectivity index (χ4v) is 2.39. The van der Waals surface area contributed by atoms with Crippen molar-refractivity contribution in [2.75, 3.05) is 5.32 Å². The molecule has 0 spiro atoms. The minimum absolute atomic E-state index is 0.121. The van der Waals surface area contributed by atoms with E-state index >= 15 is 0 Å². The number of nitrogens with one attached hydrogen (secondary N) is 1. The van der Waals surface area contributed by atoms with Crippen molar-refractivity contribution in [2.45, 2.75) is 25.9 Å². The predicted molar refractivity (Wildman–Crippen MR) is 80.7 cm³/mol. The SMILES string of the molecule is CCc1ccc(CC2Oc3cc(O)ccc3NC2=O)cc1. The summed E-state index contributed by atoms with van der Waals surface area (Å²) in [5, 5.41) is 12.3. The third kappa shape index (κ3) is 2.84. The lowest BCUT2D eigenvalue weighted by molar-refractivity contribution is -0.123. The number of rotatable bonds is 3. The van der Waals surface area contributed by atoms with Crippen LogP contribution < -0.4 is 10.1 Å².